The van der Waals surface area contributed by atoms with Gasteiger partial charge in [0.2, 0.25) is 0 Å². The highest BCUT2D eigenvalue weighted by atomic mass is 16.4. The van der Waals surface area contributed by atoms with E-state index in [2.05, 4.69) is 19.9 Å². The lowest BCUT2D eigenvalue weighted by Gasteiger charge is -1.80. The highest BCUT2D eigenvalue weighted by molar-refractivity contribution is 5.88. The molecular weight excluding hydrogens is 228 g/mol. The van der Waals surface area contributed by atoms with Gasteiger partial charge in [-0.1, -0.05) is 0 Å². The van der Waals surface area contributed by atoms with E-state index in [4.69, 9.17) is 10.2 Å². The molecule has 0 aromatic carbocycles. The Kier molecular flexibility index (Phi) is 8.36. The van der Waals surface area contributed by atoms with Crippen LogP contribution in [0, 0.1) is 0 Å². The van der Waals surface area contributed by atoms with Gasteiger partial charge in [0, 0.05) is 24.8 Å². The SMILES string of the molecule is O=C(O)CC(=O)O.c1c[nH]cn1.c1c[nH]cn1. The van der Waals surface area contributed by atoms with Crippen molar-refractivity contribution in [3.05, 3.63) is 37.4 Å². The Bertz CT molecular complexity index is 312. The molecule has 2 aromatic rings. The first-order chi connectivity index (χ1) is 8.13. The summed E-state index contributed by atoms with van der Waals surface area (Å²) in [6.45, 7) is 0. The number of aromatic amines is 2. The Morgan fingerprint density at radius 1 is 0.941 bits per heavy atom. The maximum absolute atomic E-state index is 9.43. The zero-order valence-corrected chi connectivity index (χ0v) is 8.78. The van der Waals surface area contributed by atoms with Crippen LogP contribution in [0.15, 0.2) is 37.4 Å². The molecular formula is C9H12N4O4. The van der Waals surface area contributed by atoms with Gasteiger partial charge in [-0.05, 0) is 0 Å². The van der Waals surface area contributed by atoms with Gasteiger partial charge >= 0.3 is 11.9 Å². The number of carbonyl (C=O) groups is 2. The van der Waals surface area contributed by atoms with Crippen molar-refractivity contribution in [1.82, 2.24) is 19.9 Å². The summed E-state index contributed by atoms with van der Waals surface area (Å²) in [6, 6.07) is 0. The van der Waals surface area contributed by atoms with Crippen molar-refractivity contribution in [2.24, 2.45) is 0 Å². The summed E-state index contributed by atoms with van der Waals surface area (Å²) in [5.41, 5.74) is 0. The average molecular weight is 240 g/mol. The first-order valence-electron chi connectivity index (χ1n) is 4.42. The second-order valence-corrected chi connectivity index (χ2v) is 2.49. The molecule has 92 valence electrons. The van der Waals surface area contributed by atoms with Crippen molar-refractivity contribution in [2.45, 2.75) is 6.42 Å². The molecule has 0 spiro atoms. The molecule has 0 radical (unpaired) electrons. The standard InChI is InChI=1S/2C3H4N2.C3H4O4/c2*1-2-5-3-4-1;4-2(5)1-3(6)7/h2*1-3H,(H,4,5);1H2,(H,4,5)(H,6,7). The van der Waals surface area contributed by atoms with Crippen LogP contribution in [0.3, 0.4) is 0 Å². The molecule has 0 saturated heterocycles. The Labute approximate surface area is 96.4 Å². The van der Waals surface area contributed by atoms with Crippen molar-refractivity contribution in [3.8, 4) is 0 Å². The number of imidazole rings is 2. The zero-order chi connectivity index (χ0) is 12.9. The van der Waals surface area contributed by atoms with Gasteiger partial charge < -0.3 is 20.2 Å². The lowest BCUT2D eigenvalue weighted by molar-refractivity contribution is -0.147. The topological polar surface area (TPSA) is 132 Å². The summed E-state index contributed by atoms with van der Waals surface area (Å²) in [5, 5.41) is 15.4. The van der Waals surface area contributed by atoms with E-state index in [-0.39, 0.29) is 0 Å². The van der Waals surface area contributed by atoms with Gasteiger partial charge in [-0.25, -0.2) is 9.97 Å². The molecule has 17 heavy (non-hydrogen) atoms. The Balaban J connectivity index is 0.000000229. The molecule has 0 fully saturated rings. The van der Waals surface area contributed by atoms with Crippen LogP contribution in [0.2, 0.25) is 0 Å². The zero-order valence-electron chi connectivity index (χ0n) is 8.78. The molecule has 2 rings (SSSR count). The number of hydrogen-bond donors (Lipinski definition) is 4. The molecule has 2 heterocycles. The van der Waals surface area contributed by atoms with E-state index in [0.717, 1.165) is 0 Å². The fraction of sp³-hybridized carbons (Fsp3) is 0.111. The first kappa shape index (κ1) is 14.4. The monoisotopic (exact) mass is 240 g/mol. The van der Waals surface area contributed by atoms with E-state index >= 15 is 0 Å². The lowest BCUT2D eigenvalue weighted by atomic mass is 10.5. The molecule has 8 heteroatoms. The highest BCUT2D eigenvalue weighted by Gasteiger charge is 2.01. The predicted octanol–water partition coefficient (Wildman–Crippen LogP) is 0.365. The molecule has 8 nitrogen and oxygen atoms in total. The van der Waals surface area contributed by atoms with E-state index in [1.54, 1.807) is 37.4 Å². The van der Waals surface area contributed by atoms with Crippen molar-refractivity contribution in [1.29, 1.82) is 0 Å². The van der Waals surface area contributed by atoms with Crippen LogP contribution in [0.5, 0.6) is 0 Å². The summed E-state index contributed by atoms with van der Waals surface area (Å²) in [7, 11) is 0. The molecule has 0 unspecified atom stereocenters. The number of hydrogen-bond acceptors (Lipinski definition) is 4. The highest BCUT2D eigenvalue weighted by Crippen LogP contribution is 1.74. The van der Waals surface area contributed by atoms with Crippen LogP contribution in [-0.4, -0.2) is 42.1 Å². The van der Waals surface area contributed by atoms with Gasteiger partial charge in [-0.15, -0.1) is 0 Å². The molecule has 0 bridgehead atoms. The average Bonchev–Trinajstić information content (AvgIpc) is 2.96. The lowest BCUT2D eigenvalue weighted by Crippen LogP contribution is -2.03. The fourth-order valence-corrected chi connectivity index (χ4v) is 0.560. The molecule has 0 aliphatic heterocycles. The van der Waals surface area contributed by atoms with Gasteiger partial charge in [-0.2, -0.15) is 0 Å². The van der Waals surface area contributed by atoms with E-state index in [9.17, 15) is 9.59 Å². The minimum Gasteiger partial charge on any atom is -0.481 e. The number of nitrogens with one attached hydrogen (secondary N) is 2. The third-order valence-electron chi connectivity index (χ3n) is 1.11. The van der Waals surface area contributed by atoms with Crippen LogP contribution in [0.25, 0.3) is 0 Å². The molecule has 0 aliphatic rings. The number of carboxylic acids is 2. The van der Waals surface area contributed by atoms with E-state index in [1.807, 2.05) is 0 Å². The molecule has 0 amide bonds. The second kappa shape index (κ2) is 9.90. The molecule has 0 atom stereocenters. The molecule has 4 N–H and O–H groups in total. The Morgan fingerprint density at radius 2 is 1.35 bits per heavy atom. The number of H-pyrrole nitrogens is 2. The molecule has 0 saturated carbocycles. The Hall–Kier alpha value is -2.64. The summed E-state index contributed by atoms with van der Waals surface area (Å²) < 4.78 is 0. The van der Waals surface area contributed by atoms with Crippen molar-refractivity contribution in [3.63, 3.8) is 0 Å². The van der Waals surface area contributed by atoms with Crippen LogP contribution in [0.4, 0.5) is 0 Å². The van der Waals surface area contributed by atoms with E-state index in [0.29, 0.717) is 0 Å². The normalized spacial score (nSPS) is 8.00. The van der Waals surface area contributed by atoms with Gasteiger partial charge in [0.1, 0.15) is 6.42 Å². The largest absolute Gasteiger partial charge is 0.481 e. The third kappa shape index (κ3) is 13.4. The quantitative estimate of drug-likeness (QED) is 0.560. The van der Waals surface area contributed by atoms with E-state index in [1.165, 1.54) is 0 Å². The number of carboxylic acid groups (broad SMARTS) is 2. The van der Waals surface area contributed by atoms with Crippen molar-refractivity contribution < 1.29 is 19.8 Å². The van der Waals surface area contributed by atoms with Crippen molar-refractivity contribution in [2.75, 3.05) is 0 Å². The smallest absolute Gasteiger partial charge is 0.314 e. The van der Waals surface area contributed by atoms with E-state index < -0.39 is 18.4 Å². The number of aromatic nitrogens is 4. The number of aliphatic carboxylic acids is 2. The third-order valence-corrected chi connectivity index (χ3v) is 1.11. The van der Waals surface area contributed by atoms with Crippen LogP contribution >= 0.6 is 0 Å². The second-order valence-electron chi connectivity index (χ2n) is 2.49. The first-order valence-corrected chi connectivity index (χ1v) is 4.42. The summed E-state index contributed by atoms with van der Waals surface area (Å²) in [4.78, 5) is 31.7. The minimum atomic E-state index is -1.31. The van der Waals surface area contributed by atoms with Gasteiger partial charge in [-0.3, -0.25) is 9.59 Å². The molecule has 0 aliphatic carbocycles. The summed E-state index contributed by atoms with van der Waals surface area (Å²) in [5.74, 6) is -2.62. The van der Waals surface area contributed by atoms with Gasteiger partial charge in [0.05, 0.1) is 12.7 Å². The summed E-state index contributed by atoms with van der Waals surface area (Å²) >= 11 is 0. The molecule has 2 aromatic heterocycles. The minimum absolute atomic E-state index is 0.806. The number of nitrogens with zero attached hydrogens (tertiary/aromatic N) is 2. The van der Waals surface area contributed by atoms with Crippen molar-refractivity contribution >= 4 is 11.9 Å². The van der Waals surface area contributed by atoms with Crippen LogP contribution < -0.4 is 0 Å². The predicted molar refractivity (Wildman–Crippen MR) is 57.1 cm³/mol. The van der Waals surface area contributed by atoms with Gasteiger partial charge in [0.15, 0.2) is 0 Å². The van der Waals surface area contributed by atoms with Crippen LogP contribution in [0.1, 0.15) is 6.42 Å². The van der Waals surface area contributed by atoms with Crippen LogP contribution in [-0.2, 0) is 9.59 Å². The fourth-order valence-electron chi connectivity index (χ4n) is 0.560. The Morgan fingerprint density at radius 3 is 1.41 bits per heavy atom. The summed E-state index contributed by atoms with van der Waals surface area (Å²) in [6.07, 6.45) is 9.36. The number of rotatable bonds is 2. The maximum atomic E-state index is 9.43. The maximum Gasteiger partial charge on any atom is 0.314 e. The van der Waals surface area contributed by atoms with Gasteiger partial charge in [0.25, 0.3) is 0 Å².